The fraction of sp³-hybridized carbons (Fsp3) is 0. The van der Waals surface area contributed by atoms with Gasteiger partial charge in [-0.05, 0) is 11.2 Å². The van der Waals surface area contributed by atoms with E-state index < -0.39 is 0 Å². The van der Waals surface area contributed by atoms with Gasteiger partial charge in [0.15, 0.2) is 5.76 Å². The van der Waals surface area contributed by atoms with Gasteiger partial charge in [-0.2, -0.15) is 0 Å². The molecule has 0 atom stereocenters. The Hall–Kier alpha value is -1.25. The summed E-state index contributed by atoms with van der Waals surface area (Å²) in [4.78, 5) is 0. The topological polar surface area (TPSA) is 46.3 Å². The van der Waals surface area contributed by atoms with Gasteiger partial charge < -0.3 is 9.63 Å². The number of fused-ring (bicyclic) bond motifs is 1. The Balaban J connectivity index is 2.67. The third kappa shape index (κ3) is 0.483. The van der Waals surface area contributed by atoms with Crippen molar-refractivity contribution in [1.82, 2.24) is 5.16 Å². The highest BCUT2D eigenvalue weighted by atomic mass is 16.5. The molecule has 1 N–H and O–H groups in total. The molecule has 0 fully saturated rings. The summed E-state index contributed by atoms with van der Waals surface area (Å²) in [5, 5.41) is 12.2. The zero-order valence-electron chi connectivity index (χ0n) is 4.46. The maximum absolute atomic E-state index is 8.88. The molecular weight excluding hydrogens is 118 g/mol. The van der Waals surface area contributed by atoms with Crippen LogP contribution >= 0.6 is 0 Å². The van der Waals surface area contributed by atoms with E-state index in [9.17, 15) is 0 Å². The molecule has 0 unspecified atom stereocenters. The third-order valence-electron chi connectivity index (χ3n) is 1.17. The summed E-state index contributed by atoms with van der Waals surface area (Å²) in [6, 6.07) is 0. The Morgan fingerprint density at radius 1 is 1.67 bits per heavy atom. The highest BCUT2D eigenvalue weighted by molar-refractivity contribution is 5.65. The van der Waals surface area contributed by atoms with E-state index in [0.29, 0.717) is 11.3 Å². The van der Waals surface area contributed by atoms with Crippen LogP contribution in [0.4, 0.5) is 0 Å². The molecule has 1 aliphatic rings. The van der Waals surface area contributed by atoms with Crippen molar-refractivity contribution in [1.29, 1.82) is 0 Å². The average Bonchev–Trinajstić information content (AvgIpc) is 2.35. The molecule has 0 amide bonds. The van der Waals surface area contributed by atoms with Crippen LogP contribution in [-0.4, -0.2) is 10.3 Å². The summed E-state index contributed by atoms with van der Waals surface area (Å²) in [7, 11) is 0. The number of rotatable bonds is 0. The Bertz CT molecular complexity index is 262. The van der Waals surface area contributed by atoms with Crippen molar-refractivity contribution in [2.45, 2.75) is 0 Å². The molecule has 2 radical (unpaired) electrons. The number of aromatic hydroxyl groups is 1. The first-order valence-electron chi connectivity index (χ1n) is 2.49. The zero-order chi connectivity index (χ0) is 6.27. The van der Waals surface area contributed by atoms with Crippen LogP contribution in [0.2, 0.25) is 0 Å². The van der Waals surface area contributed by atoms with Gasteiger partial charge in [0.1, 0.15) is 0 Å². The van der Waals surface area contributed by atoms with Gasteiger partial charge in [-0.3, -0.25) is 0 Å². The summed E-state index contributed by atoms with van der Waals surface area (Å²) in [5.41, 5.74) is 0.620. The van der Waals surface area contributed by atoms with E-state index in [4.69, 9.17) is 5.11 Å². The highest BCUT2D eigenvalue weighted by Crippen LogP contribution is 2.27. The second-order valence-electron chi connectivity index (χ2n) is 1.73. The van der Waals surface area contributed by atoms with Crippen molar-refractivity contribution in [2.75, 3.05) is 0 Å². The monoisotopic (exact) mass is 121 g/mol. The standard InChI is InChI=1S/C6H3NO2/c8-6-4-2-1-3-5(4)9-7-6/h1-2H,(H,7,8). The molecule has 0 saturated heterocycles. The molecule has 0 bridgehead atoms. The van der Waals surface area contributed by atoms with Crippen LogP contribution in [0, 0.1) is 6.42 Å². The molecule has 0 spiro atoms. The number of aromatic nitrogens is 1. The van der Waals surface area contributed by atoms with E-state index in [-0.39, 0.29) is 5.88 Å². The molecule has 1 heterocycles. The lowest BCUT2D eigenvalue weighted by atomic mass is 10.3. The first-order chi connectivity index (χ1) is 4.38. The average molecular weight is 121 g/mol. The summed E-state index contributed by atoms with van der Waals surface area (Å²) < 4.78 is 4.63. The number of hydrogen-bond donors (Lipinski definition) is 1. The lowest BCUT2D eigenvalue weighted by Crippen LogP contribution is -1.66. The fourth-order valence-electron chi connectivity index (χ4n) is 0.744. The van der Waals surface area contributed by atoms with E-state index in [1.54, 1.807) is 12.2 Å². The number of allylic oxidation sites excluding steroid dienone is 1. The summed E-state index contributed by atoms with van der Waals surface area (Å²) in [5.74, 6) is 0.443. The molecule has 44 valence electrons. The Morgan fingerprint density at radius 3 is 3.33 bits per heavy atom. The SMILES string of the molecule is Oc1noc2c1C=C[C]2. The van der Waals surface area contributed by atoms with Crippen molar-refractivity contribution >= 4 is 6.08 Å². The molecule has 2 rings (SSSR count). The minimum Gasteiger partial charge on any atom is -0.491 e. The quantitative estimate of drug-likeness (QED) is 0.553. The Morgan fingerprint density at radius 2 is 2.56 bits per heavy atom. The van der Waals surface area contributed by atoms with Gasteiger partial charge in [0.25, 0.3) is 5.88 Å². The molecule has 3 nitrogen and oxygen atoms in total. The molecule has 1 aromatic rings. The van der Waals surface area contributed by atoms with Crippen molar-refractivity contribution in [3.63, 3.8) is 0 Å². The van der Waals surface area contributed by atoms with E-state index in [1.807, 2.05) is 0 Å². The Kier molecular flexibility index (Phi) is 0.704. The van der Waals surface area contributed by atoms with Crippen molar-refractivity contribution in [2.24, 2.45) is 0 Å². The molecular formula is C6H3NO2. The second-order valence-corrected chi connectivity index (χ2v) is 1.73. The van der Waals surface area contributed by atoms with Crippen molar-refractivity contribution < 1.29 is 9.63 Å². The second kappa shape index (κ2) is 1.37. The first kappa shape index (κ1) is 4.61. The van der Waals surface area contributed by atoms with E-state index >= 15 is 0 Å². The molecule has 9 heavy (non-hydrogen) atoms. The molecule has 3 heteroatoms. The smallest absolute Gasteiger partial charge is 0.259 e. The maximum Gasteiger partial charge on any atom is 0.259 e. The molecule has 1 aliphatic carbocycles. The third-order valence-corrected chi connectivity index (χ3v) is 1.17. The largest absolute Gasteiger partial charge is 0.491 e. The first-order valence-corrected chi connectivity index (χ1v) is 2.49. The van der Waals surface area contributed by atoms with Gasteiger partial charge in [0, 0.05) is 0 Å². The van der Waals surface area contributed by atoms with Crippen molar-refractivity contribution in [3.8, 4) is 5.88 Å². The van der Waals surface area contributed by atoms with Gasteiger partial charge in [-0.1, -0.05) is 6.08 Å². The molecule has 0 aromatic carbocycles. The van der Waals surface area contributed by atoms with Crippen LogP contribution in [-0.2, 0) is 0 Å². The minimum absolute atomic E-state index is 0.0637. The Labute approximate surface area is 51.6 Å². The molecule has 0 aliphatic heterocycles. The van der Waals surface area contributed by atoms with E-state index in [2.05, 4.69) is 16.1 Å². The predicted molar refractivity (Wildman–Crippen MR) is 29.5 cm³/mol. The van der Waals surface area contributed by atoms with Crippen LogP contribution in [0.1, 0.15) is 11.3 Å². The highest BCUT2D eigenvalue weighted by Gasteiger charge is 2.15. The van der Waals surface area contributed by atoms with Gasteiger partial charge >= 0.3 is 0 Å². The molecule has 0 saturated carbocycles. The van der Waals surface area contributed by atoms with Gasteiger partial charge in [0.05, 0.1) is 12.0 Å². The summed E-state index contributed by atoms with van der Waals surface area (Å²) in [6.07, 6.45) is 6.12. The van der Waals surface area contributed by atoms with Crippen LogP contribution < -0.4 is 0 Å². The van der Waals surface area contributed by atoms with Crippen LogP contribution in [0.3, 0.4) is 0 Å². The lowest BCUT2D eigenvalue weighted by molar-refractivity contribution is 0.351. The zero-order valence-corrected chi connectivity index (χ0v) is 4.46. The van der Waals surface area contributed by atoms with Gasteiger partial charge in [-0.25, -0.2) is 0 Å². The number of hydrogen-bond acceptors (Lipinski definition) is 3. The minimum atomic E-state index is -0.0637. The van der Waals surface area contributed by atoms with Gasteiger partial charge in [-0.15, -0.1) is 0 Å². The van der Waals surface area contributed by atoms with Gasteiger partial charge in [0.2, 0.25) is 0 Å². The van der Waals surface area contributed by atoms with Crippen molar-refractivity contribution in [3.05, 3.63) is 23.8 Å². The van der Waals surface area contributed by atoms with Crippen LogP contribution in [0.5, 0.6) is 5.88 Å². The van der Waals surface area contributed by atoms with Crippen LogP contribution in [0.15, 0.2) is 10.6 Å². The van der Waals surface area contributed by atoms with E-state index in [1.165, 1.54) is 0 Å². The maximum atomic E-state index is 8.88. The number of nitrogens with zero attached hydrogens (tertiary/aromatic N) is 1. The summed E-state index contributed by atoms with van der Waals surface area (Å²) in [6.45, 7) is 0. The predicted octanol–water partition coefficient (Wildman–Crippen LogP) is 0.836. The summed E-state index contributed by atoms with van der Waals surface area (Å²) >= 11 is 0. The fourth-order valence-corrected chi connectivity index (χ4v) is 0.744. The lowest BCUT2D eigenvalue weighted by Gasteiger charge is -1.77. The van der Waals surface area contributed by atoms with E-state index in [0.717, 1.165) is 0 Å². The normalized spacial score (nSPS) is 14.2. The molecule has 1 aromatic heterocycles. The van der Waals surface area contributed by atoms with Crippen LogP contribution in [0.25, 0.3) is 6.08 Å².